The van der Waals surface area contributed by atoms with Gasteiger partial charge in [-0.1, -0.05) is 37.3 Å². The minimum Gasteiger partial charge on any atom is -0.508 e. The number of fused-ring (bicyclic) bond motifs is 1. The Morgan fingerprint density at radius 2 is 1.96 bits per heavy atom. The van der Waals surface area contributed by atoms with Crippen molar-refractivity contribution in [3.63, 3.8) is 0 Å². The highest BCUT2D eigenvalue weighted by molar-refractivity contribution is 5.87. The fourth-order valence-electron chi connectivity index (χ4n) is 3.13. The van der Waals surface area contributed by atoms with E-state index in [0.29, 0.717) is 6.42 Å². The number of phenols is 1. The van der Waals surface area contributed by atoms with Gasteiger partial charge in [0, 0.05) is 18.3 Å². The van der Waals surface area contributed by atoms with Crippen LogP contribution in [-0.2, 0) is 6.42 Å². The molecular weight excluding hydrogens is 286 g/mol. The molecule has 2 atom stereocenters. The van der Waals surface area contributed by atoms with Crippen LogP contribution in [0.3, 0.4) is 0 Å². The Labute approximate surface area is 136 Å². The molecule has 0 aliphatic carbocycles. The number of hydrogen-bond donors (Lipinski definition) is 2. The fraction of sp³-hybridized carbons (Fsp3) is 0.250. The molecule has 23 heavy (non-hydrogen) atoms. The smallest absolute Gasteiger partial charge is 0.116 e. The zero-order valence-corrected chi connectivity index (χ0v) is 13.2. The second kappa shape index (κ2) is 6.80. The summed E-state index contributed by atoms with van der Waals surface area (Å²) in [5.74, 6) is 0.256. The summed E-state index contributed by atoms with van der Waals surface area (Å²) < 4.78 is 0. The van der Waals surface area contributed by atoms with E-state index in [2.05, 4.69) is 11.1 Å². The predicted octanol–water partition coefficient (Wildman–Crippen LogP) is 4.04. The lowest BCUT2D eigenvalue weighted by Crippen LogP contribution is -2.20. The van der Waals surface area contributed by atoms with Gasteiger partial charge in [-0.2, -0.15) is 0 Å². The molecule has 118 valence electrons. The average molecular weight is 307 g/mol. The van der Waals surface area contributed by atoms with Crippen LogP contribution < -0.4 is 0 Å². The molecule has 1 heterocycles. The molecule has 2 unspecified atom stereocenters. The Morgan fingerprint density at radius 1 is 1.09 bits per heavy atom. The van der Waals surface area contributed by atoms with Crippen molar-refractivity contribution >= 4 is 10.8 Å². The van der Waals surface area contributed by atoms with Gasteiger partial charge in [0.2, 0.25) is 0 Å². The highest BCUT2D eigenvalue weighted by atomic mass is 16.3. The van der Waals surface area contributed by atoms with Crippen molar-refractivity contribution in [3.05, 3.63) is 72.1 Å². The first kappa shape index (κ1) is 15.5. The first-order chi connectivity index (χ1) is 11.2. The number of nitrogens with zero attached hydrogens (tertiary/aromatic N) is 1. The third-order valence-electron chi connectivity index (χ3n) is 4.36. The minimum absolute atomic E-state index is 0.00237. The normalized spacial score (nSPS) is 13.8. The van der Waals surface area contributed by atoms with E-state index >= 15 is 0 Å². The van der Waals surface area contributed by atoms with Gasteiger partial charge in [0.05, 0.1) is 6.10 Å². The molecule has 2 N–H and O–H groups in total. The molecule has 0 aliphatic rings. The van der Waals surface area contributed by atoms with Crippen LogP contribution in [0.2, 0.25) is 0 Å². The zero-order chi connectivity index (χ0) is 16.2. The summed E-state index contributed by atoms with van der Waals surface area (Å²) in [6.45, 7) is 2.00. The number of aromatic hydroxyl groups is 1. The number of benzene rings is 2. The van der Waals surface area contributed by atoms with Crippen molar-refractivity contribution in [2.75, 3.05) is 0 Å². The second-order valence-electron chi connectivity index (χ2n) is 5.90. The molecule has 0 fully saturated rings. The van der Waals surface area contributed by atoms with Crippen molar-refractivity contribution in [3.8, 4) is 5.75 Å². The Hall–Kier alpha value is -2.39. The molecular formula is C20H21NO2. The van der Waals surface area contributed by atoms with Crippen molar-refractivity contribution in [1.29, 1.82) is 0 Å². The van der Waals surface area contributed by atoms with Gasteiger partial charge in [0.25, 0.3) is 0 Å². The number of hydrogen-bond acceptors (Lipinski definition) is 3. The predicted molar refractivity (Wildman–Crippen MR) is 92.6 cm³/mol. The lowest BCUT2D eigenvalue weighted by atomic mass is 9.84. The Morgan fingerprint density at radius 3 is 2.70 bits per heavy atom. The van der Waals surface area contributed by atoms with Crippen LogP contribution in [0.15, 0.2) is 60.9 Å². The number of aliphatic hydroxyl groups is 1. The molecule has 0 aliphatic heterocycles. The maximum atomic E-state index is 10.6. The van der Waals surface area contributed by atoms with Gasteiger partial charge in [-0.05, 0) is 52.9 Å². The van der Waals surface area contributed by atoms with Crippen LogP contribution in [0.1, 0.15) is 30.4 Å². The Kier molecular flexibility index (Phi) is 4.58. The number of pyridine rings is 1. The van der Waals surface area contributed by atoms with Crippen molar-refractivity contribution < 1.29 is 10.2 Å². The van der Waals surface area contributed by atoms with Crippen LogP contribution >= 0.6 is 0 Å². The van der Waals surface area contributed by atoms with Crippen molar-refractivity contribution in [2.24, 2.45) is 0 Å². The Bertz CT molecular complexity index is 786. The van der Waals surface area contributed by atoms with Crippen molar-refractivity contribution in [1.82, 2.24) is 4.98 Å². The van der Waals surface area contributed by atoms with Gasteiger partial charge in [0.1, 0.15) is 5.75 Å². The number of phenolic OH excluding ortho intramolecular Hbond substituents is 1. The standard InChI is InChI=1S/C20H21NO2/c1-2-20(23)19(11-14-5-4-10-21-13-14)18-7-3-6-15-12-16(22)8-9-17(15)18/h3-10,12-13,19-20,22-23H,2,11H2,1H3. The molecule has 3 heteroatoms. The first-order valence-electron chi connectivity index (χ1n) is 7.97. The van der Waals surface area contributed by atoms with Crippen LogP contribution in [-0.4, -0.2) is 21.3 Å². The first-order valence-corrected chi connectivity index (χ1v) is 7.97. The summed E-state index contributed by atoms with van der Waals surface area (Å²) in [5, 5.41) is 22.3. The second-order valence-corrected chi connectivity index (χ2v) is 5.90. The molecule has 0 saturated carbocycles. The monoisotopic (exact) mass is 307 g/mol. The highest BCUT2D eigenvalue weighted by Gasteiger charge is 2.22. The van der Waals surface area contributed by atoms with Crippen LogP contribution in [0.4, 0.5) is 0 Å². The largest absolute Gasteiger partial charge is 0.508 e. The van der Waals surface area contributed by atoms with E-state index in [9.17, 15) is 10.2 Å². The summed E-state index contributed by atoms with van der Waals surface area (Å²) >= 11 is 0. The zero-order valence-electron chi connectivity index (χ0n) is 13.2. The molecule has 2 aromatic carbocycles. The molecule has 1 aromatic heterocycles. The third kappa shape index (κ3) is 3.35. The van der Waals surface area contributed by atoms with E-state index in [4.69, 9.17) is 0 Å². The number of aliphatic hydroxyl groups excluding tert-OH is 1. The molecule has 0 amide bonds. The van der Waals surface area contributed by atoms with E-state index in [-0.39, 0.29) is 11.7 Å². The number of rotatable bonds is 5. The molecule has 0 spiro atoms. The van der Waals surface area contributed by atoms with E-state index in [1.165, 1.54) is 0 Å². The van der Waals surface area contributed by atoms with Crippen molar-refractivity contribution in [2.45, 2.75) is 31.8 Å². The third-order valence-corrected chi connectivity index (χ3v) is 4.36. The fourth-order valence-corrected chi connectivity index (χ4v) is 3.13. The average Bonchev–Trinajstić information content (AvgIpc) is 2.59. The summed E-state index contributed by atoms with van der Waals surface area (Å²) in [7, 11) is 0. The Balaban J connectivity index is 2.06. The van der Waals surface area contributed by atoms with Gasteiger partial charge in [-0.25, -0.2) is 0 Å². The molecule has 0 saturated heterocycles. The summed E-state index contributed by atoms with van der Waals surface area (Å²) in [6, 6.07) is 15.4. The SMILES string of the molecule is CCC(O)C(Cc1cccnc1)c1cccc2cc(O)ccc12. The topological polar surface area (TPSA) is 53.4 Å². The maximum Gasteiger partial charge on any atom is 0.116 e. The summed E-state index contributed by atoms with van der Waals surface area (Å²) in [6.07, 6.45) is 4.62. The molecule has 3 aromatic rings. The van der Waals surface area contributed by atoms with E-state index < -0.39 is 6.10 Å². The quantitative estimate of drug-likeness (QED) is 0.748. The van der Waals surface area contributed by atoms with Gasteiger partial charge in [-0.3, -0.25) is 4.98 Å². The van der Waals surface area contributed by atoms with E-state index in [1.54, 1.807) is 18.3 Å². The molecule has 0 bridgehead atoms. The van der Waals surface area contributed by atoms with E-state index in [0.717, 1.165) is 28.3 Å². The van der Waals surface area contributed by atoms with E-state index in [1.807, 2.05) is 43.5 Å². The number of aromatic nitrogens is 1. The highest BCUT2D eigenvalue weighted by Crippen LogP contribution is 2.33. The van der Waals surface area contributed by atoms with Gasteiger partial charge in [-0.15, -0.1) is 0 Å². The minimum atomic E-state index is -0.422. The van der Waals surface area contributed by atoms with Gasteiger partial charge in [0.15, 0.2) is 0 Å². The van der Waals surface area contributed by atoms with Crippen LogP contribution in [0.25, 0.3) is 10.8 Å². The molecule has 3 rings (SSSR count). The lowest BCUT2D eigenvalue weighted by molar-refractivity contribution is 0.138. The van der Waals surface area contributed by atoms with Crippen LogP contribution in [0, 0.1) is 0 Å². The molecule has 0 radical (unpaired) electrons. The van der Waals surface area contributed by atoms with Crippen LogP contribution in [0.5, 0.6) is 5.75 Å². The lowest BCUT2D eigenvalue weighted by Gasteiger charge is -2.24. The van der Waals surface area contributed by atoms with Gasteiger partial charge < -0.3 is 10.2 Å². The summed E-state index contributed by atoms with van der Waals surface area (Å²) in [5.41, 5.74) is 2.22. The maximum absolute atomic E-state index is 10.6. The van der Waals surface area contributed by atoms with Gasteiger partial charge >= 0.3 is 0 Å². The summed E-state index contributed by atoms with van der Waals surface area (Å²) in [4.78, 5) is 4.18. The molecule has 3 nitrogen and oxygen atoms in total.